The molecule has 0 aliphatic carbocycles. The number of hydrogen-bond acceptors (Lipinski definition) is 5. The molecule has 0 saturated carbocycles. The fourth-order valence-electron chi connectivity index (χ4n) is 4.92. The van der Waals surface area contributed by atoms with E-state index in [0.717, 1.165) is 47.4 Å². The van der Waals surface area contributed by atoms with E-state index in [1.165, 1.54) is 0 Å². The molecule has 1 saturated heterocycles. The third-order valence-electron chi connectivity index (χ3n) is 6.75. The molecule has 0 spiro atoms. The predicted molar refractivity (Wildman–Crippen MR) is 141 cm³/mol. The Morgan fingerprint density at radius 1 is 1.08 bits per heavy atom. The molecule has 0 atom stereocenters. The van der Waals surface area contributed by atoms with Crippen molar-refractivity contribution in [3.8, 4) is 0 Å². The van der Waals surface area contributed by atoms with E-state index >= 15 is 0 Å². The number of halogens is 1. The summed E-state index contributed by atoms with van der Waals surface area (Å²) in [7, 11) is 0. The number of hydrogen-bond donors (Lipinski definition) is 2. The molecule has 2 aromatic heterocycles. The number of aryl methyl sites for hydroxylation is 1. The van der Waals surface area contributed by atoms with Crippen LogP contribution in [0.15, 0.2) is 53.5 Å². The molecule has 0 bridgehead atoms. The molecule has 36 heavy (non-hydrogen) atoms. The summed E-state index contributed by atoms with van der Waals surface area (Å²) < 4.78 is 7.50. The van der Waals surface area contributed by atoms with Gasteiger partial charge in [-0.1, -0.05) is 23.7 Å². The third-order valence-corrected chi connectivity index (χ3v) is 7.00. The van der Waals surface area contributed by atoms with Gasteiger partial charge in [0.25, 0.3) is 0 Å². The molecule has 2 N–H and O–H groups in total. The second kappa shape index (κ2) is 11.0. The van der Waals surface area contributed by atoms with Crippen LogP contribution in [0.5, 0.6) is 0 Å². The van der Waals surface area contributed by atoms with Crippen LogP contribution in [-0.2, 0) is 35.5 Å². The van der Waals surface area contributed by atoms with Crippen LogP contribution in [0.4, 0.5) is 0 Å². The summed E-state index contributed by atoms with van der Waals surface area (Å²) in [6.07, 6.45) is 3.11. The monoisotopic (exact) mass is 507 g/mol. The predicted octanol–water partition coefficient (Wildman–Crippen LogP) is 3.16. The summed E-state index contributed by atoms with van der Waals surface area (Å²) >= 11 is 5.94. The fraction of sp³-hybridized carbons (Fsp3) is 0.357. The van der Waals surface area contributed by atoms with Crippen LogP contribution in [0, 0.1) is 0 Å². The Morgan fingerprint density at radius 2 is 1.86 bits per heavy atom. The number of pyridine rings is 1. The van der Waals surface area contributed by atoms with Gasteiger partial charge in [0, 0.05) is 66.0 Å². The molecule has 8 heteroatoms. The van der Waals surface area contributed by atoms with Crippen LogP contribution in [0.2, 0.25) is 5.02 Å². The Labute approximate surface area is 214 Å². The van der Waals surface area contributed by atoms with Crippen LogP contribution in [0.3, 0.4) is 0 Å². The minimum absolute atomic E-state index is 0.00132. The van der Waals surface area contributed by atoms with Crippen LogP contribution in [0.1, 0.15) is 28.8 Å². The number of morpholine rings is 1. The van der Waals surface area contributed by atoms with Crippen molar-refractivity contribution in [2.75, 3.05) is 32.9 Å². The number of ether oxygens (including phenoxy) is 1. The average molecular weight is 508 g/mol. The first kappa shape index (κ1) is 24.7. The Balaban J connectivity index is 1.46. The third kappa shape index (κ3) is 5.39. The number of carbonyl (C=O) groups is 1. The lowest BCUT2D eigenvalue weighted by Gasteiger charge is -2.26. The van der Waals surface area contributed by atoms with Crippen LogP contribution in [0.25, 0.3) is 16.3 Å². The molecule has 1 aliphatic rings. The van der Waals surface area contributed by atoms with E-state index in [4.69, 9.17) is 16.3 Å². The smallest absolute Gasteiger partial charge is 0.224 e. The lowest BCUT2D eigenvalue weighted by molar-refractivity contribution is -0.120. The molecule has 5 rings (SSSR count). The number of rotatable bonds is 9. The molecule has 1 aliphatic heterocycles. The summed E-state index contributed by atoms with van der Waals surface area (Å²) in [5.74, 6) is -0.210. The molecule has 1 fully saturated rings. The maximum Gasteiger partial charge on any atom is 0.224 e. The Bertz CT molecular complexity index is 1410. The number of aliphatic hydroxyl groups excluding tert-OH is 1. The van der Waals surface area contributed by atoms with Crippen molar-refractivity contribution in [2.24, 2.45) is 0 Å². The quantitative estimate of drug-likeness (QED) is 0.363. The molecule has 0 unspecified atom stereocenters. The number of nitrogens with zero attached hydrogens (tertiary/aromatic N) is 2. The highest BCUT2D eigenvalue weighted by Gasteiger charge is 2.19. The summed E-state index contributed by atoms with van der Waals surface area (Å²) in [5, 5.41) is 14.6. The molecule has 188 valence electrons. The van der Waals surface area contributed by atoms with Gasteiger partial charge in [0.15, 0.2) is 5.43 Å². The molecular formula is C28H30ClN3O4. The maximum atomic E-state index is 13.6. The SMILES string of the molecule is O=C(Cc1cn2c(CCCO)cc3cc(CN4CCOCC4)cc(c1=O)c32)NCc1ccc(Cl)cc1. The van der Waals surface area contributed by atoms with Crippen molar-refractivity contribution in [2.45, 2.75) is 32.4 Å². The number of aromatic nitrogens is 1. The highest BCUT2D eigenvalue weighted by atomic mass is 35.5. The summed E-state index contributed by atoms with van der Waals surface area (Å²) in [4.78, 5) is 28.7. The molecule has 2 aromatic carbocycles. The number of carbonyl (C=O) groups excluding carboxylic acids is 1. The van der Waals surface area contributed by atoms with Gasteiger partial charge in [-0.05, 0) is 54.3 Å². The number of amides is 1. The topological polar surface area (TPSA) is 83.3 Å². The molecule has 7 nitrogen and oxygen atoms in total. The van der Waals surface area contributed by atoms with Gasteiger partial charge in [-0.25, -0.2) is 0 Å². The lowest BCUT2D eigenvalue weighted by atomic mass is 10.0. The number of nitrogens with one attached hydrogen (secondary N) is 1. The van der Waals surface area contributed by atoms with Crippen molar-refractivity contribution in [3.63, 3.8) is 0 Å². The average Bonchev–Trinajstić information content (AvgIpc) is 3.23. The van der Waals surface area contributed by atoms with Crippen LogP contribution < -0.4 is 10.7 Å². The number of aliphatic hydroxyl groups is 1. The second-order valence-corrected chi connectivity index (χ2v) is 9.80. The molecule has 0 radical (unpaired) electrons. The molecule has 4 aromatic rings. The van der Waals surface area contributed by atoms with Crippen LogP contribution in [-0.4, -0.2) is 53.2 Å². The van der Waals surface area contributed by atoms with E-state index < -0.39 is 0 Å². The van der Waals surface area contributed by atoms with Gasteiger partial charge in [0.05, 0.1) is 25.2 Å². The second-order valence-electron chi connectivity index (χ2n) is 9.37. The first-order chi connectivity index (χ1) is 17.5. The zero-order valence-corrected chi connectivity index (χ0v) is 20.9. The first-order valence-corrected chi connectivity index (χ1v) is 12.7. The minimum Gasteiger partial charge on any atom is -0.396 e. The van der Waals surface area contributed by atoms with Gasteiger partial charge in [0.1, 0.15) is 0 Å². The van der Waals surface area contributed by atoms with E-state index in [9.17, 15) is 14.7 Å². The first-order valence-electron chi connectivity index (χ1n) is 12.4. The Hall–Kier alpha value is -2.97. The van der Waals surface area contributed by atoms with Crippen molar-refractivity contribution in [1.82, 2.24) is 14.6 Å². The van der Waals surface area contributed by atoms with Gasteiger partial charge in [-0.3, -0.25) is 14.5 Å². The molecule has 3 heterocycles. The molecule has 1 amide bonds. The standard InChI is InChI=1S/C28H30ClN3O4/c29-23-5-3-19(4-6-23)16-30-26(34)15-22-18-32-24(2-1-9-33)14-21-12-20(13-25(27(21)32)28(22)35)17-31-7-10-36-11-8-31/h3-6,12-14,18,33H,1-2,7-11,15-17H2,(H,30,34). The molecular weight excluding hydrogens is 478 g/mol. The van der Waals surface area contributed by atoms with E-state index in [1.807, 2.05) is 22.6 Å². The van der Waals surface area contributed by atoms with E-state index in [2.05, 4.69) is 22.3 Å². The lowest BCUT2D eigenvalue weighted by Crippen LogP contribution is -2.35. The normalized spacial score (nSPS) is 14.6. The maximum absolute atomic E-state index is 13.6. The minimum atomic E-state index is -0.210. The van der Waals surface area contributed by atoms with Crippen molar-refractivity contribution in [3.05, 3.63) is 86.3 Å². The van der Waals surface area contributed by atoms with Crippen LogP contribution >= 0.6 is 11.6 Å². The van der Waals surface area contributed by atoms with Crippen molar-refractivity contribution >= 4 is 33.8 Å². The Morgan fingerprint density at radius 3 is 2.61 bits per heavy atom. The number of benzene rings is 2. The van der Waals surface area contributed by atoms with E-state index in [1.54, 1.807) is 18.3 Å². The van der Waals surface area contributed by atoms with Gasteiger partial charge in [0.2, 0.25) is 5.91 Å². The van der Waals surface area contributed by atoms with E-state index in [0.29, 0.717) is 48.6 Å². The van der Waals surface area contributed by atoms with Gasteiger partial charge < -0.3 is 19.6 Å². The largest absolute Gasteiger partial charge is 0.396 e. The zero-order chi connectivity index (χ0) is 25.1. The highest BCUT2D eigenvalue weighted by molar-refractivity contribution is 6.30. The van der Waals surface area contributed by atoms with Crippen molar-refractivity contribution in [1.29, 1.82) is 0 Å². The summed E-state index contributed by atoms with van der Waals surface area (Å²) in [5.41, 5.74) is 4.27. The Kier molecular flexibility index (Phi) is 7.53. The van der Waals surface area contributed by atoms with Gasteiger partial charge in [-0.2, -0.15) is 0 Å². The van der Waals surface area contributed by atoms with Gasteiger partial charge >= 0.3 is 0 Å². The fourth-order valence-corrected chi connectivity index (χ4v) is 5.05. The van der Waals surface area contributed by atoms with Crippen molar-refractivity contribution < 1.29 is 14.6 Å². The van der Waals surface area contributed by atoms with E-state index in [-0.39, 0.29) is 24.4 Å². The zero-order valence-electron chi connectivity index (χ0n) is 20.1. The highest BCUT2D eigenvalue weighted by Crippen LogP contribution is 2.27. The summed E-state index contributed by atoms with van der Waals surface area (Å²) in [6, 6.07) is 13.5. The van der Waals surface area contributed by atoms with Gasteiger partial charge in [-0.15, -0.1) is 0 Å². The summed E-state index contributed by atoms with van der Waals surface area (Å²) in [6.45, 7) is 4.37.